The summed E-state index contributed by atoms with van der Waals surface area (Å²) in [6, 6.07) is 0. The summed E-state index contributed by atoms with van der Waals surface area (Å²) in [4.78, 5) is 10.9. The van der Waals surface area contributed by atoms with Crippen LogP contribution in [-0.2, 0) is 4.79 Å². The van der Waals surface area contributed by atoms with Gasteiger partial charge in [0.1, 0.15) is 0 Å². The van der Waals surface area contributed by atoms with Crippen LogP contribution >= 0.6 is 0 Å². The molecular formula is C20H34O3. The molecule has 23 heavy (non-hydrogen) atoms. The van der Waals surface area contributed by atoms with Gasteiger partial charge in [-0.15, -0.1) is 0 Å². The minimum atomic E-state index is -0.703. The van der Waals surface area contributed by atoms with Gasteiger partial charge in [-0.05, 0) is 74.0 Å². The van der Waals surface area contributed by atoms with Crippen molar-refractivity contribution in [2.45, 2.75) is 72.6 Å². The first-order valence-corrected chi connectivity index (χ1v) is 9.24. The van der Waals surface area contributed by atoms with Gasteiger partial charge in [0.25, 0.3) is 0 Å². The monoisotopic (exact) mass is 322 g/mol. The molecule has 0 saturated heterocycles. The molecule has 0 radical (unpaired) electrons. The lowest BCUT2D eigenvalue weighted by molar-refractivity contribution is -0.138. The Balaban J connectivity index is 2.20. The average Bonchev–Trinajstić information content (AvgIpc) is 2.47. The summed E-state index contributed by atoms with van der Waals surface area (Å²) in [6.07, 6.45) is 9.22. The van der Waals surface area contributed by atoms with Crippen LogP contribution in [0.4, 0.5) is 0 Å². The Labute approximate surface area is 141 Å². The van der Waals surface area contributed by atoms with Crippen molar-refractivity contribution >= 4 is 5.97 Å². The molecule has 0 aromatic heterocycles. The molecule has 5 atom stereocenters. The van der Waals surface area contributed by atoms with Gasteiger partial charge in [0.2, 0.25) is 0 Å². The van der Waals surface area contributed by atoms with Crippen molar-refractivity contribution < 1.29 is 15.0 Å². The van der Waals surface area contributed by atoms with Gasteiger partial charge in [0.05, 0.1) is 0 Å². The molecule has 2 N–H and O–H groups in total. The number of carbonyl (C=O) groups is 1. The fourth-order valence-corrected chi connectivity index (χ4v) is 5.45. The Morgan fingerprint density at radius 2 is 2.09 bits per heavy atom. The van der Waals surface area contributed by atoms with Crippen LogP contribution in [0.25, 0.3) is 0 Å². The summed E-state index contributed by atoms with van der Waals surface area (Å²) in [5.74, 6) is 0.454. The molecule has 1 saturated carbocycles. The van der Waals surface area contributed by atoms with Gasteiger partial charge in [-0.1, -0.05) is 32.4 Å². The van der Waals surface area contributed by atoms with Crippen molar-refractivity contribution in [3.05, 3.63) is 11.6 Å². The second-order valence-corrected chi connectivity index (χ2v) is 8.60. The maximum atomic E-state index is 10.9. The standard InChI is InChI=1S/C20H34O3/c1-14(12-18(22)23)8-10-20(4)16(13-21)9-11-19(3)15(2)6-5-7-17(19)20/h6,14,16-17,21H,5,7-13H2,1-4H3,(H,22,23). The molecule has 132 valence electrons. The topological polar surface area (TPSA) is 57.5 Å². The van der Waals surface area contributed by atoms with E-state index in [4.69, 9.17) is 5.11 Å². The fourth-order valence-electron chi connectivity index (χ4n) is 5.45. The molecule has 3 heteroatoms. The summed E-state index contributed by atoms with van der Waals surface area (Å²) in [6.45, 7) is 9.36. The lowest BCUT2D eigenvalue weighted by Crippen LogP contribution is -2.51. The molecule has 3 nitrogen and oxygen atoms in total. The van der Waals surface area contributed by atoms with Gasteiger partial charge in [-0.25, -0.2) is 0 Å². The van der Waals surface area contributed by atoms with E-state index in [1.165, 1.54) is 18.4 Å². The number of hydrogen-bond donors (Lipinski definition) is 2. The number of aliphatic hydroxyl groups excluding tert-OH is 1. The predicted octanol–water partition coefficient (Wildman–Crippen LogP) is 4.65. The largest absolute Gasteiger partial charge is 0.481 e. The van der Waals surface area contributed by atoms with Crippen molar-refractivity contribution in [1.82, 2.24) is 0 Å². The third kappa shape index (κ3) is 3.50. The zero-order valence-electron chi connectivity index (χ0n) is 15.3. The number of fused-ring (bicyclic) bond motifs is 1. The molecule has 2 rings (SSSR count). The van der Waals surface area contributed by atoms with Crippen LogP contribution in [0.1, 0.15) is 72.6 Å². The number of carboxylic acid groups (broad SMARTS) is 1. The number of aliphatic carboxylic acids is 1. The Morgan fingerprint density at radius 1 is 1.39 bits per heavy atom. The van der Waals surface area contributed by atoms with Crippen molar-refractivity contribution in [1.29, 1.82) is 0 Å². The molecule has 0 aromatic carbocycles. The number of rotatable bonds is 6. The highest BCUT2D eigenvalue weighted by Gasteiger charge is 2.53. The summed E-state index contributed by atoms with van der Waals surface area (Å²) >= 11 is 0. The van der Waals surface area contributed by atoms with E-state index < -0.39 is 5.97 Å². The molecule has 5 unspecified atom stereocenters. The molecule has 0 aromatic rings. The van der Waals surface area contributed by atoms with E-state index in [9.17, 15) is 9.90 Å². The summed E-state index contributed by atoms with van der Waals surface area (Å²) in [5, 5.41) is 19.0. The molecule has 1 fully saturated rings. The zero-order valence-corrected chi connectivity index (χ0v) is 15.3. The third-order valence-corrected chi connectivity index (χ3v) is 7.24. The molecule has 2 aliphatic carbocycles. The summed E-state index contributed by atoms with van der Waals surface area (Å²) in [7, 11) is 0. The molecule has 0 spiro atoms. The van der Waals surface area contributed by atoms with Gasteiger partial charge in [0, 0.05) is 13.0 Å². The highest BCUT2D eigenvalue weighted by Crippen LogP contribution is 2.61. The van der Waals surface area contributed by atoms with Gasteiger partial charge in [-0.2, -0.15) is 0 Å². The predicted molar refractivity (Wildman–Crippen MR) is 93.2 cm³/mol. The van der Waals surface area contributed by atoms with Crippen molar-refractivity contribution in [2.24, 2.45) is 28.6 Å². The van der Waals surface area contributed by atoms with E-state index in [0.717, 1.165) is 25.7 Å². The Hall–Kier alpha value is -0.830. The number of hydrogen-bond acceptors (Lipinski definition) is 2. The third-order valence-electron chi connectivity index (χ3n) is 7.24. The maximum absolute atomic E-state index is 10.9. The van der Waals surface area contributed by atoms with E-state index in [-0.39, 0.29) is 29.8 Å². The Bertz CT molecular complexity index is 470. The lowest BCUT2D eigenvalue weighted by Gasteiger charge is -2.58. The number of allylic oxidation sites excluding steroid dienone is 2. The molecule has 0 bridgehead atoms. The van der Waals surface area contributed by atoms with E-state index in [2.05, 4.69) is 26.8 Å². The first-order chi connectivity index (χ1) is 10.7. The van der Waals surface area contributed by atoms with E-state index in [1.54, 1.807) is 0 Å². The van der Waals surface area contributed by atoms with Crippen LogP contribution < -0.4 is 0 Å². The zero-order chi connectivity index (χ0) is 17.3. The van der Waals surface area contributed by atoms with Crippen LogP contribution in [0.15, 0.2) is 11.6 Å². The minimum absolute atomic E-state index is 0.115. The fraction of sp³-hybridized carbons (Fsp3) is 0.850. The second-order valence-electron chi connectivity index (χ2n) is 8.60. The molecule has 0 amide bonds. The Morgan fingerprint density at radius 3 is 2.70 bits per heavy atom. The summed E-state index contributed by atoms with van der Waals surface area (Å²) in [5.41, 5.74) is 1.90. The van der Waals surface area contributed by atoms with Gasteiger partial charge in [0.15, 0.2) is 0 Å². The first-order valence-electron chi connectivity index (χ1n) is 9.24. The highest BCUT2D eigenvalue weighted by molar-refractivity contribution is 5.66. The SMILES string of the molecule is CC1=CCCC2C1(C)CCC(CO)C2(C)CCC(C)CC(=O)O. The van der Waals surface area contributed by atoms with Crippen molar-refractivity contribution in [2.75, 3.05) is 6.61 Å². The van der Waals surface area contributed by atoms with Crippen molar-refractivity contribution in [3.63, 3.8) is 0 Å². The number of carboxylic acids is 1. The second kappa shape index (κ2) is 6.96. The van der Waals surface area contributed by atoms with E-state index in [0.29, 0.717) is 11.8 Å². The minimum Gasteiger partial charge on any atom is -0.481 e. The van der Waals surface area contributed by atoms with Crippen molar-refractivity contribution in [3.8, 4) is 0 Å². The van der Waals surface area contributed by atoms with Crippen LogP contribution in [0.2, 0.25) is 0 Å². The van der Waals surface area contributed by atoms with Gasteiger partial charge >= 0.3 is 5.97 Å². The molecule has 0 heterocycles. The van der Waals surface area contributed by atoms with Crippen LogP contribution in [-0.4, -0.2) is 22.8 Å². The van der Waals surface area contributed by atoms with Crippen LogP contribution in [0.3, 0.4) is 0 Å². The molecule has 0 aliphatic heterocycles. The smallest absolute Gasteiger partial charge is 0.303 e. The quantitative estimate of drug-likeness (QED) is 0.700. The van der Waals surface area contributed by atoms with E-state index >= 15 is 0 Å². The summed E-state index contributed by atoms with van der Waals surface area (Å²) < 4.78 is 0. The van der Waals surface area contributed by atoms with Gasteiger partial charge < -0.3 is 10.2 Å². The van der Waals surface area contributed by atoms with E-state index in [1.807, 2.05) is 6.92 Å². The van der Waals surface area contributed by atoms with Gasteiger partial charge in [-0.3, -0.25) is 4.79 Å². The molecular weight excluding hydrogens is 288 g/mol. The van der Waals surface area contributed by atoms with Crippen LogP contribution in [0.5, 0.6) is 0 Å². The number of aliphatic hydroxyl groups is 1. The average molecular weight is 322 g/mol. The van der Waals surface area contributed by atoms with Crippen LogP contribution in [0, 0.1) is 28.6 Å². The molecule has 2 aliphatic rings. The maximum Gasteiger partial charge on any atom is 0.303 e. The first kappa shape index (κ1) is 18.5. The Kier molecular flexibility index (Phi) is 5.60. The lowest BCUT2D eigenvalue weighted by atomic mass is 9.46. The normalized spacial score (nSPS) is 38.6. The highest BCUT2D eigenvalue weighted by atomic mass is 16.4.